The molecule has 1 unspecified atom stereocenters. The Bertz CT molecular complexity index is 2010. The molecule has 3 fully saturated rings. The van der Waals surface area contributed by atoms with Crippen LogP contribution in [0.3, 0.4) is 0 Å². The van der Waals surface area contributed by atoms with Gasteiger partial charge < -0.3 is 29.5 Å². The molecule has 3 aliphatic rings. The Kier molecular flexibility index (Phi) is 12.5. The standard InChI is InChI=1S/C44H50ClN5O5/c1-31-35(8-5-10-38(31)34-7-4-9-37(20-34)53-18-6-15-49-17-13-44(30-49)12-14-47-29-44)28-55-42-22-41(54-27-33-19-32(23-46)24-48-25-33)36(21-39(42)45)26-50-16-3-2-11-40(50)43(51)52/h4-5,7-10,19-22,24-25,40,47H,2-3,6,11-18,26-30H2,1H3,(H,51,52)/t40-,44?/m0/s1. The maximum absolute atomic E-state index is 12.1. The van der Waals surface area contributed by atoms with E-state index < -0.39 is 12.0 Å². The van der Waals surface area contributed by atoms with Gasteiger partial charge >= 0.3 is 5.97 Å². The van der Waals surface area contributed by atoms with Crippen LogP contribution in [0.4, 0.5) is 0 Å². The first-order chi connectivity index (χ1) is 26.8. The van der Waals surface area contributed by atoms with Crippen molar-refractivity contribution in [3.63, 3.8) is 0 Å². The summed E-state index contributed by atoms with van der Waals surface area (Å²) < 4.78 is 18.9. The van der Waals surface area contributed by atoms with Gasteiger partial charge in [-0.2, -0.15) is 5.26 Å². The summed E-state index contributed by atoms with van der Waals surface area (Å²) in [5, 5.41) is 23.2. The summed E-state index contributed by atoms with van der Waals surface area (Å²) in [6, 6.07) is 21.4. The quantitative estimate of drug-likeness (QED) is 0.117. The molecular weight excluding hydrogens is 714 g/mol. The predicted molar refractivity (Wildman–Crippen MR) is 212 cm³/mol. The third-order valence-corrected chi connectivity index (χ3v) is 11.7. The number of aliphatic carboxylic acids is 1. The summed E-state index contributed by atoms with van der Waals surface area (Å²) >= 11 is 6.86. The lowest BCUT2D eigenvalue weighted by atomic mass is 9.87. The average molecular weight is 764 g/mol. The molecule has 11 heteroatoms. The van der Waals surface area contributed by atoms with Gasteiger partial charge in [0.25, 0.3) is 0 Å². The van der Waals surface area contributed by atoms with Crippen molar-refractivity contribution in [1.29, 1.82) is 5.26 Å². The van der Waals surface area contributed by atoms with Gasteiger partial charge in [0.05, 0.1) is 17.2 Å². The second-order valence-corrected chi connectivity index (χ2v) is 15.7. The molecule has 0 bridgehead atoms. The highest BCUT2D eigenvalue weighted by molar-refractivity contribution is 6.32. The summed E-state index contributed by atoms with van der Waals surface area (Å²) in [4.78, 5) is 20.8. The van der Waals surface area contributed by atoms with Crippen molar-refractivity contribution >= 4 is 17.6 Å². The molecule has 7 rings (SSSR count). The van der Waals surface area contributed by atoms with E-state index in [1.165, 1.54) is 32.1 Å². The molecule has 0 aliphatic carbocycles. The molecule has 0 saturated carbocycles. The van der Waals surface area contributed by atoms with E-state index in [2.05, 4.69) is 52.5 Å². The van der Waals surface area contributed by atoms with Crippen molar-refractivity contribution in [2.24, 2.45) is 5.41 Å². The number of benzene rings is 3. The van der Waals surface area contributed by atoms with E-state index in [-0.39, 0.29) is 13.2 Å². The SMILES string of the molecule is Cc1c(COc2cc(OCc3cncc(C#N)c3)c(CN3CCCC[C@H]3C(=O)O)cc2Cl)cccc1-c1cccc(OCCCN2CCC3(CCNC3)C2)c1. The van der Waals surface area contributed by atoms with Crippen molar-refractivity contribution in [3.05, 3.63) is 106 Å². The third-order valence-electron chi connectivity index (χ3n) is 11.4. The number of rotatable bonds is 15. The zero-order chi connectivity index (χ0) is 38.2. The smallest absolute Gasteiger partial charge is 0.320 e. The molecule has 3 aliphatic heterocycles. The van der Waals surface area contributed by atoms with Gasteiger partial charge in [-0.3, -0.25) is 14.7 Å². The molecule has 10 nitrogen and oxygen atoms in total. The largest absolute Gasteiger partial charge is 0.494 e. The summed E-state index contributed by atoms with van der Waals surface area (Å²) in [5.41, 5.74) is 6.74. The lowest BCUT2D eigenvalue weighted by Crippen LogP contribution is -2.44. The highest BCUT2D eigenvalue weighted by Crippen LogP contribution is 2.38. The average Bonchev–Trinajstić information content (AvgIpc) is 3.84. The number of likely N-dealkylation sites (tertiary alicyclic amines) is 2. The van der Waals surface area contributed by atoms with E-state index >= 15 is 0 Å². The van der Waals surface area contributed by atoms with E-state index in [9.17, 15) is 15.2 Å². The number of hydrogen-bond acceptors (Lipinski definition) is 9. The lowest BCUT2D eigenvalue weighted by molar-refractivity contribution is -0.144. The van der Waals surface area contributed by atoms with Gasteiger partial charge in [0.2, 0.25) is 0 Å². The maximum Gasteiger partial charge on any atom is 0.320 e. The van der Waals surface area contributed by atoms with Gasteiger partial charge in [-0.15, -0.1) is 0 Å². The highest BCUT2D eigenvalue weighted by atomic mass is 35.5. The number of carboxylic acid groups (broad SMARTS) is 1. The molecule has 2 N–H and O–H groups in total. The number of aromatic nitrogens is 1. The van der Waals surface area contributed by atoms with E-state index in [1.54, 1.807) is 18.3 Å². The number of nitrogens with one attached hydrogen (secondary N) is 1. The Labute approximate surface area is 329 Å². The van der Waals surface area contributed by atoms with E-state index in [0.29, 0.717) is 53.6 Å². The molecule has 0 amide bonds. The first kappa shape index (κ1) is 38.6. The Hall–Kier alpha value is -4.66. The number of carbonyl (C=O) groups is 1. The fourth-order valence-corrected chi connectivity index (χ4v) is 8.55. The Balaban J connectivity index is 1.02. The predicted octanol–water partition coefficient (Wildman–Crippen LogP) is 7.63. The number of carboxylic acids is 1. The second-order valence-electron chi connectivity index (χ2n) is 15.3. The zero-order valence-electron chi connectivity index (χ0n) is 31.6. The van der Waals surface area contributed by atoms with Crippen LogP contribution in [-0.4, -0.2) is 77.8 Å². The van der Waals surface area contributed by atoms with Gasteiger partial charge in [0, 0.05) is 55.8 Å². The van der Waals surface area contributed by atoms with Gasteiger partial charge in [-0.25, -0.2) is 0 Å². The molecule has 0 radical (unpaired) electrons. The zero-order valence-corrected chi connectivity index (χ0v) is 32.3. The first-order valence-electron chi connectivity index (χ1n) is 19.4. The van der Waals surface area contributed by atoms with Crippen molar-refractivity contribution < 1.29 is 24.1 Å². The number of ether oxygens (including phenoxy) is 3. The normalized spacial score (nSPS) is 20.1. The van der Waals surface area contributed by atoms with Crippen molar-refractivity contribution in [2.45, 2.75) is 71.2 Å². The number of nitriles is 1. The Morgan fingerprint density at radius 1 is 1.02 bits per heavy atom. The molecule has 1 aromatic heterocycles. The van der Waals surface area contributed by atoms with E-state index in [1.807, 2.05) is 29.2 Å². The van der Waals surface area contributed by atoms with Crippen LogP contribution >= 0.6 is 11.6 Å². The van der Waals surface area contributed by atoms with Gasteiger partial charge in [0.1, 0.15) is 42.6 Å². The molecule has 4 aromatic rings. The van der Waals surface area contributed by atoms with Crippen LogP contribution in [0.5, 0.6) is 17.2 Å². The molecule has 1 spiro atoms. The summed E-state index contributed by atoms with van der Waals surface area (Å²) in [6.45, 7) is 10.0. The summed E-state index contributed by atoms with van der Waals surface area (Å²) in [7, 11) is 0. The van der Waals surface area contributed by atoms with Crippen LogP contribution in [0.1, 0.15) is 66.3 Å². The van der Waals surface area contributed by atoms with Gasteiger partial charge in [0.15, 0.2) is 0 Å². The fraction of sp³-hybridized carbons (Fsp3) is 0.432. The first-order valence-corrected chi connectivity index (χ1v) is 19.8. The number of hydrogen-bond donors (Lipinski definition) is 2. The van der Waals surface area contributed by atoms with E-state index in [4.69, 9.17) is 25.8 Å². The Morgan fingerprint density at radius 3 is 2.73 bits per heavy atom. The number of halogens is 1. The Morgan fingerprint density at radius 2 is 1.89 bits per heavy atom. The van der Waals surface area contributed by atoms with Crippen LogP contribution in [0, 0.1) is 23.7 Å². The van der Waals surface area contributed by atoms with E-state index in [0.717, 1.165) is 78.0 Å². The topological polar surface area (TPSA) is 120 Å². The van der Waals surface area contributed by atoms with Gasteiger partial charge in [-0.05, 0) is 111 Å². The number of piperidine rings is 1. The monoisotopic (exact) mass is 763 g/mol. The summed E-state index contributed by atoms with van der Waals surface area (Å²) in [5.74, 6) is 1.04. The molecule has 288 valence electrons. The minimum atomic E-state index is -0.827. The summed E-state index contributed by atoms with van der Waals surface area (Å²) in [6.07, 6.45) is 9.17. The van der Waals surface area contributed by atoms with Crippen molar-refractivity contribution in [2.75, 3.05) is 45.9 Å². The lowest BCUT2D eigenvalue weighted by Gasteiger charge is -2.33. The number of nitrogens with zero attached hydrogens (tertiary/aromatic N) is 4. The fourth-order valence-electron chi connectivity index (χ4n) is 8.31. The number of pyridine rings is 1. The minimum Gasteiger partial charge on any atom is -0.494 e. The third kappa shape index (κ3) is 9.60. The van der Waals surface area contributed by atoms with Crippen LogP contribution in [0.15, 0.2) is 73.1 Å². The molecule has 55 heavy (non-hydrogen) atoms. The van der Waals surface area contributed by atoms with Crippen molar-refractivity contribution in [3.8, 4) is 34.4 Å². The van der Waals surface area contributed by atoms with Crippen LogP contribution in [0.2, 0.25) is 5.02 Å². The van der Waals surface area contributed by atoms with Crippen LogP contribution in [0.25, 0.3) is 11.1 Å². The molecule has 4 heterocycles. The van der Waals surface area contributed by atoms with Crippen LogP contribution < -0.4 is 19.5 Å². The molecule has 3 aromatic carbocycles. The highest BCUT2D eigenvalue weighted by Gasteiger charge is 2.39. The van der Waals surface area contributed by atoms with Crippen molar-refractivity contribution in [1.82, 2.24) is 20.1 Å². The molecule has 2 atom stereocenters. The molecule has 3 saturated heterocycles. The second kappa shape index (κ2) is 17.9. The maximum atomic E-state index is 12.1. The van der Waals surface area contributed by atoms with Crippen LogP contribution in [-0.2, 0) is 24.6 Å². The molecular formula is C44H50ClN5O5. The van der Waals surface area contributed by atoms with Gasteiger partial charge in [-0.1, -0.05) is 48.4 Å². The minimum absolute atomic E-state index is 0.167.